The van der Waals surface area contributed by atoms with Gasteiger partial charge in [0.1, 0.15) is 5.75 Å². The van der Waals surface area contributed by atoms with Crippen molar-refractivity contribution >= 4 is 28.6 Å². The van der Waals surface area contributed by atoms with Crippen molar-refractivity contribution in [1.82, 2.24) is 0 Å². The minimum Gasteiger partial charge on any atom is -0.493 e. The van der Waals surface area contributed by atoms with Crippen molar-refractivity contribution < 1.29 is 14.3 Å². The predicted molar refractivity (Wildman–Crippen MR) is 70.4 cm³/mol. The van der Waals surface area contributed by atoms with Crippen molar-refractivity contribution in [3.05, 3.63) is 40.5 Å². The predicted octanol–water partition coefficient (Wildman–Crippen LogP) is 2.79. The van der Waals surface area contributed by atoms with Crippen molar-refractivity contribution in [2.75, 3.05) is 13.2 Å². The maximum absolute atomic E-state index is 10.7. The van der Waals surface area contributed by atoms with Gasteiger partial charge in [-0.15, -0.1) is 0 Å². The van der Waals surface area contributed by atoms with E-state index in [0.29, 0.717) is 19.6 Å². The van der Waals surface area contributed by atoms with Crippen LogP contribution in [0.3, 0.4) is 0 Å². The summed E-state index contributed by atoms with van der Waals surface area (Å²) in [6, 6.07) is 7.79. The fraction of sp³-hybridized carbons (Fsp3) is 0.250. The molecular formula is C12H13IO3. The molecule has 86 valence electrons. The van der Waals surface area contributed by atoms with Crippen LogP contribution in [0.1, 0.15) is 6.42 Å². The lowest BCUT2D eigenvalue weighted by Gasteiger charge is -2.06. The topological polar surface area (TPSA) is 35.5 Å². The minimum absolute atomic E-state index is 0.356. The van der Waals surface area contributed by atoms with Gasteiger partial charge in [0.25, 0.3) is 0 Å². The van der Waals surface area contributed by atoms with E-state index >= 15 is 0 Å². The number of ether oxygens (including phenoxy) is 2. The summed E-state index contributed by atoms with van der Waals surface area (Å²) in [5, 5.41) is 0. The molecule has 3 nitrogen and oxygen atoms in total. The van der Waals surface area contributed by atoms with Crippen LogP contribution < -0.4 is 4.74 Å². The SMILES string of the molecule is C=CC(=O)OCCCOc1ccc(I)cc1. The second-order valence-corrected chi connectivity index (χ2v) is 4.27. The molecule has 0 aromatic heterocycles. The molecule has 1 aromatic rings. The third kappa shape index (κ3) is 5.16. The zero-order valence-electron chi connectivity index (χ0n) is 8.82. The van der Waals surface area contributed by atoms with Gasteiger partial charge < -0.3 is 9.47 Å². The summed E-state index contributed by atoms with van der Waals surface area (Å²) in [6.07, 6.45) is 1.82. The Morgan fingerprint density at radius 3 is 2.62 bits per heavy atom. The summed E-state index contributed by atoms with van der Waals surface area (Å²) in [5.74, 6) is 0.435. The van der Waals surface area contributed by atoms with Crippen molar-refractivity contribution in [1.29, 1.82) is 0 Å². The maximum atomic E-state index is 10.7. The van der Waals surface area contributed by atoms with Gasteiger partial charge in [0, 0.05) is 16.1 Å². The fourth-order valence-corrected chi connectivity index (χ4v) is 1.37. The molecule has 4 heteroatoms. The van der Waals surface area contributed by atoms with E-state index in [-0.39, 0.29) is 0 Å². The van der Waals surface area contributed by atoms with Crippen LogP contribution in [0, 0.1) is 3.57 Å². The van der Waals surface area contributed by atoms with E-state index in [9.17, 15) is 4.79 Å². The highest BCUT2D eigenvalue weighted by Gasteiger charge is 1.96. The van der Waals surface area contributed by atoms with Gasteiger partial charge in [-0.05, 0) is 46.9 Å². The van der Waals surface area contributed by atoms with Crippen molar-refractivity contribution in [2.45, 2.75) is 6.42 Å². The van der Waals surface area contributed by atoms with Crippen LogP contribution in [0.5, 0.6) is 5.75 Å². The molecule has 0 N–H and O–H groups in total. The standard InChI is InChI=1S/C12H13IO3/c1-2-12(14)16-9-3-8-15-11-6-4-10(13)5-7-11/h2,4-7H,1,3,8-9H2. The van der Waals surface area contributed by atoms with Crippen LogP contribution in [0.25, 0.3) is 0 Å². The molecule has 0 unspecified atom stereocenters. The highest BCUT2D eigenvalue weighted by molar-refractivity contribution is 14.1. The van der Waals surface area contributed by atoms with Gasteiger partial charge in [-0.2, -0.15) is 0 Å². The Morgan fingerprint density at radius 2 is 2.00 bits per heavy atom. The lowest BCUT2D eigenvalue weighted by atomic mass is 10.3. The first-order valence-corrected chi connectivity index (χ1v) is 5.98. The summed E-state index contributed by atoms with van der Waals surface area (Å²) in [4.78, 5) is 10.7. The third-order valence-electron chi connectivity index (χ3n) is 1.78. The van der Waals surface area contributed by atoms with Gasteiger partial charge in [0.15, 0.2) is 0 Å². The Morgan fingerprint density at radius 1 is 1.31 bits per heavy atom. The van der Waals surface area contributed by atoms with E-state index in [1.165, 1.54) is 3.57 Å². The van der Waals surface area contributed by atoms with Gasteiger partial charge in [-0.1, -0.05) is 6.58 Å². The van der Waals surface area contributed by atoms with E-state index in [4.69, 9.17) is 9.47 Å². The highest BCUT2D eigenvalue weighted by atomic mass is 127. The molecule has 0 radical (unpaired) electrons. The van der Waals surface area contributed by atoms with Crippen LogP contribution in [0.15, 0.2) is 36.9 Å². The van der Waals surface area contributed by atoms with Crippen LogP contribution in [0.2, 0.25) is 0 Å². The van der Waals surface area contributed by atoms with Gasteiger partial charge in [-0.25, -0.2) is 4.79 Å². The molecule has 0 amide bonds. The molecule has 0 fully saturated rings. The zero-order chi connectivity index (χ0) is 11.8. The molecule has 0 saturated heterocycles. The average Bonchev–Trinajstić information content (AvgIpc) is 2.31. The maximum Gasteiger partial charge on any atom is 0.330 e. The van der Waals surface area contributed by atoms with Gasteiger partial charge >= 0.3 is 5.97 Å². The molecule has 1 aromatic carbocycles. The number of rotatable bonds is 6. The quantitative estimate of drug-likeness (QED) is 0.348. The zero-order valence-corrected chi connectivity index (χ0v) is 11.0. The van der Waals surface area contributed by atoms with E-state index in [2.05, 4.69) is 29.2 Å². The molecular weight excluding hydrogens is 319 g/mol. The van der Waals surface area contributed by atoms with E-state index in [1.807, 2.05) is 24.3 Å². The largest absolute Gasteiger partial charge is 0.493 e. The van der Waals surface area contributed by atoms with Crippen molar-refractivity contribution in [3.63, 3.8) is 0 Å². The monoisotopic (exact) mass is 332 g/mol. The average molecular weight is 332 g/mol. The van der Waals surface area contributed by atoms with Gasteiger partial charge in [0.05, 0.1) is 13.2 Å². The smallest absolute Gasteiger partial charge is 0.330 e. The number of hydrogen-bond acceptors (Lipinski definition) is 3. The number of halogens is 1. The van der Waals surface area contributed by atoms with Gasteiger partial charge in [0.2, 0.25) is 0 Å². The highest BCUT2D eigenvalue weighted by Crippen LogP contribution is 2.13. The van der Waals surface area contributed by atoms with Gasteiger partial charge in [-0.3, -0.25) is 0 Å². The summed E-state index contributed by atoms with van der Waals surface area (Å²) >= 11 is 2.24. The Bertz CT molecular complexity index is 346. The molecule has 0 saturated carbocycles. The summed E-state index contributed by atoms with van der Waals surface area (Å²) < 4.78 is 11.4. The number of carbonyl (C=O) groups excluding carboxylic acids is 1. The summed E-state index contributed by atoms with van der Waals surface area (Å²) in [5.41, 5.74) is 0. The Labute approximate surface area is 109 Å². The first-order chi connectivity index (χ1) is 7.72. The Balaban J connectivity index is 2.14. The third-order valence-corrected chi connectivity index (χ3v) is 2.50. The molecule has 0 spiro atoms. The lowest BCUT2D eigenvalue weighted by Crippen LogP contribution is -2.06. The molecule has 0 heterocycles. The van der Waals surface area contributed by atoms with Crippen LogP contribution >= 0.6 is 22.6 Å². The molecule has 1 rings (SSSR count). The van der Waals surface area contributed by atoms with Crippen LogP contribution in [0.4, 0.5) is 0 Å². The first kappa shape index (κ1) is 13.0. The van der Waals surface area contributed by atoms with Crippen molar-refractivity contribution in [2.24, 2.45) is 0 Å². The molecule has 0 bridgehead atoms. The number of hydrogen-bond donors (Lipinski definition) is 0. The number of carbonyl (C=O) groups is 1. The van der Waals surface area contributed by atoms with E-state index in [1.54, 1.807) is 0 Å². The summed E-state index contributed by atoms with van der Waals surface area (Å²) in [7, 11) is 0. The molecule has 0 aliphatic heterocycles. The molecule has 16 heavy (non-hydrogen) atoms. The second-order valence-electron chi connectivity index (χ2n) is 3.03. The normalized spacial score (nSPS) is 9.56. The lowest BCUT2D eigenvalue weighted by molar-refractivity contribution is -0.137. The number of benzene rings is 1. The molecule has 0 aliphatic rings. The second kappa shape index (κ2) is 7.27. The van der Waals surface area contributed by atoms with Crippen LogP contribution in [-0.2, 0) is 9.53 Å². The van der Waals surface area contributed by atoms with Crippen LogP contribution in [-0.4, -0.2) is 19.2 Å². The molecule has 0 aliphatic carbocycles. The Kier molecular flexibility index (Phi) is 5.92. The minimum atomic E-state index is -0.394. The number of esters is 1. The van der Waals surface area contributed by atoms with Crippen molar-refractivity contribution in [3.8, 4) is 5.75 Å². The Hall–Kier alpha value is -1.04. The molecule has 0 atom stereocenters. The summed E-state index contributed by atoms with van der Waals surface area (Å²) in [6.45, 7) is 4.20. The van der Waals surface area contributed by atoms with E-state index < -0.39 is 5.97 Å². The first-order valence-electron chi connectivity index (χ1n) is 4.90. The van der Waals surface area contributed by atoms with E-state index in [0.717, 1.165) is 11.8 Å². The fourth-order valence-electron chi connectivity index (χ4n) is 1.01.